The van der Waals surface area contributed by atoms with E-state index in [9.17, 15) is 0 Å². The highest BCUT2D eigenvalue weighted by atomic mass is 16.5. The second kappa shape index (κ2) is 4.51. The minimum atomic E-state index is -0.366. The van der Waals surface area contributed by atoms with E-state index in [2.05, 4.69) is 17.1 Å². The Morgan fingerprint density at radius 2 is 2.44 bits per heavy atom. The standard InChI is InChI=1S/C11H19N3O2/c1-8-4-3-5-11(6-8,15-2)10-13-9(7-12)16-14-10/h8H,3-7,12H2,1-2H3. The van der Waals surface area contributed by atoms with E-state index in [1.165, 1.54) is 6.42 Å². The minimum absolute atomic E-state index is 0.280. The van der Waals surface area contributed by atoms with E-state index in [0.29, 0.717) is 17.6 Å². The van der Waals surface area contributed by atoms with Crippen molar-refractivity contribution in [2.75, 3.05) is 7.11 Å². The summed E-state index contributed by atoms with van der Waals surface area (Å²) < 4.78 is 10.7. The van der Waals surface area contributed by atoms with Crippen LogP contribution in [0.5, 0.6) is 0 Å². The Balaban J connectivity index is 2.25. The SMILES string of the molecule is COC1(c2noc(CN)n2)CCCC(C)C1. The zero-order valence-corrected chi connectivity index (χ0v) is 9.90. The zero-order valence-electron chi connectivity index (χ0n) is 9.90. The van der Waals surface area contributed by atoms with Crippen LogP contribution < -0.4 is 5.73 Å². The van der Waals surface area contributed by atoms with Gasteiger partial charge in [-0.25, -0.2) is 0 Å². The third kappa shape index (κ3) is 1.97. The topological polar surface area (TPSA) is 74.2 Å². The summed E-state index contributed by atoms with van der Waals surface area (Å²) in [6, 6.07) is 0. The van der Waals surface area contributed by atoms with Crippen LogP contribution in [-0.2, 0) is 16.9 Å². The molecule has 1 saturated carbocycles. The highest BCUT2D eigenvalue weighted by Crippen LogP contribution is 2.41. The molecule has 1 heterocycles. The third-order valence-electron chi connectivity index (χ3n) is 3.40. The number of hydrogen-bond donors (Lipinski definition) is 1. The van der Waals surface area contributed by atoms with Gasteiger partial charge in [-0.2, -0.15) is 4.98 Å². The van der Waals surface area contributed by atoms with Crippen LogP contribution in [0, 0.1) is 5.92 Å². The summed E-state index contributed by atoms with van der Waals surface area (Å²) in [4.78, 5) is 4.30. The van der Waals surface area contributed by atoms with Crippen molar-refractivity contribution in [2.45, 2.75) is 44.8 Å². The fraction of sp³-hybridized carbons (Fsp3) is 0.818. The van der Waals surface area contributed by atoms with Crippen LogP contribution in [0.3, 0.4) is 0 Å². The molecule has 0 spiro atoms. The molecular formula is C11H19N3O2. The number of ether oxygens (including phenoxy) is 1. The van der Waals surface area contributed by atoms with Crippen LogP contribution in [0.1, 0.15) is 44.3 Å². The van der Waals surface area contributed by atoms with Gasteiger partial charge in [-0.1, -0.05) is 18.5 Å². The molecule has 0 bridgehead atoms. The van der Waals surface area contributed by atoms with E-state index in [4.69, 9.17) is 15.0 Å². The number of rotatable bonds is 3. The third-order valence-corrected chi connectivity index (χ3v) is 3.40. The number of hydrogen-bond acceptors (Lipinski definition) is 5. The van der Waals surface area contributed by atoms with Crippen LogP contribution in [0.4, 0.5) is 0 Å². The highest BCUT2D eigenvalue weighted by Gasteiger charge is 2.40. The Kier molecular flexibility index (Phi) is 3.25. The Labute approximate surface area is 95.3 Å². The van der Waals surface area contributed by atoms with Gasteiger partial charge in [-0.05, 0) is 25.2 Å². The molecule has 90 valence electrons. The lowest BCUT2D eigenvalue weighted by Crippen LogP contribution is -2.35. The van der Waals surface area contributed by atoms with E-state index >= 15 is 0 Å². The maximum atomic E-state index is 5.67. The molecule has 5 heteroatoms. The molecule has 0 radical (unpaired) electrons. The predicted molar refractivity (Wildman–Crippen MR) is 58.5 cm³/mol. The van der Waals surface area contributed by atoms with E-state index < -0.39 is 0 Å². The maximum Gasteiger partial charge on any atom is 0.240 e. The molecule has 1 aromatic rings. The first-order valence-corrected chi connectivity index (χ1v) is 5.78. The van der Waals surface area contributed by atoms with Gasteiger partial charge in [-0.3, -0.25) is 0 Å². The molecule has 2 N–H and O–H groups in total. The second-order valence-electron chi connectivity index (χ2n) is 4.62. The van der Waals surface area contributed by atoms with Crippen LogP contribution in [0.25, 0.3) is 0 Å². The van der Waals surface area contributed by atoms with Gasteiger partial charge < -0.3 is 15.0 Å². The number of nitrogens with two attached hydrogens (primary N) is 1. The first-order valence-electron chi connectivity index (χ1n) is 5.78. The lowest BCUT2D eigenvalue weighted by Gasteiger charge is -2.36. The van der Waals surface area contributed by atoms with E-state index in [1.54, 1.807) is 7.11 Å². The van der Waals surface area contributed by atoms with Gasteiger partial charge in [0, 0.05) is 7.11 Å². The molecule has 1 fully saturated rings. The lowest BCUT2D eigenvalue weighted by atomic mass is 9.78. The lowest BCUT2D eigenvalue weighted by molar-refractivity contribution is -0.0658. The number of aromatic nitrogens is 2. The molecule has 5 nitrogen and oxygen atoms in total. The molecule has 2 rings (SSSR count). The van der Waals surface area contributed by atoms with Gasteiger partial charge in [0.1, 0.15) is 5.60 Å². The summed E-state index contributed by atoms with van der Waals surface area (Å²) in [6.45, 7) is 2.51. The fourth-order valence-electron chi connectivity index (χ4n) is 2.51. The summed E-state index contributed by atoms with van der Waals surface area (Å²) in [5.41, 5.74) is 5.10. The monoisotopic (exact) mass is 225 g/mol. The van der Waals surface area contributed by atoms with E-state index in [1.807, 2.05) is 0 Å². The quantitative estimate of drug-likeness (QED) is 0.845. The molecule has 16 heavy (non-hydrogen) atoms. The van der Waals surface area contributed by atoms with Crippen molar-refractivity contribution in [2.24, 2.45) is 11.7 Å². The van der Waals surface area contributed by atoms with Crippen molar-refractivity contribution in [3.63, 3.8) is 0 Å². The summed E-state index contributed by atoms with van der Waals surface area (Å²) in [5.74, 6) is 1.76. The zero-order chi connectivity index (χ0) is 11.6. The normalized spacial score (nSPS) is 30.6. The fourth-order valence-corrected chi connectivity index (χ4v) is 2.51. The van der Waals surface area contributed by atoms with Gasteiger partial charge in [0.25, 0.3) is 0 Å². The van der Waals surface area contributed by atoms with Gasteiger partial charge in [0.05, 0.1) is 6.54 Å². The molecule has 0 saturated heterocycles. The van der Waals surface area contributed by atoms with Crippen molar-refractivity contribution in [1.29, 1.82) is 0 Å². The summed E-state index contributed by atoms with van der Waals surface area (Å²) >= 11 is 0. The molecule has 1 aliphatic carbocycles. The van der Waals surface area contributed by atoms with Crippen LogP contribution >= 0.6 is 0 Å². The Bertz CT molecular complexity index is 353. The Morgan fingerprint density at radius 1 is 1.62 bits per heavy atom. The Morgan fingerprint density at radius 3 is 3.00 bits per heavy atom. The molecule has 2 atom stereocenters. The number of nitrogens with zero attached hydrogens (tertiary/aromatic N) is 2. The Hall–Kier alpha value is -0.940. The van der Waals surface area contributed by atoms with Crippen molar-refractivity contribution < 1.29 is 9.26 Å². The highest BCUT2D eigenvalue weighted by molar-refractivity contribution is 5.04. The van der Waals surface area contributed by atoms with Gasteiger partial charge >= 0.3 is 0 Å². The van der Waals surface area contributed by atoms with Crippen molar-refractivity contribution in [3.8, 4) is 0 Å². The minimum Gasteiger partial charge on any atom is -0.370 e. The maximum absolute atomic E-state index is 5.67. The molecule has 0 aromatic carbocycles. The largest absolute Gasteiger partial charge is 0.370 e. The molecule has 0 aliphatic heterocycles. The van der Waals surface area contributed by atoms with Crippen LogP contribution in [-0.4, -0.2) is 17.3 Å². The van der Waals surface area contributed by atoms with Crippen LogP contribution in [0.2, 0.25) is 0 Å². The van der Waals surface area contributed by atoms with Gasteiger partial charge in [0.15, 0.2) is 0 Å². The summed E-state index contributed by atoms with van der Waals surface area (Å²) in [7, 11) is 1.72. The van der Waals surface area contributed by atoms with Crippen molar-refractivity contribution in [3.05, 3.63) is 11.7 Å². The van der Waals surface area contributed by atoms with Crippen LogP contribution in [0.15, 0.2) is 4.52 Å². The summed E-state index contributed by atoms with van der Waals surface area (Å²) in [6.07, 6.45) is 4.29. The average Bonchev–Trinajstić information content (AvgIpc) is 2.78. The summed E-state index contributed by atoms with van der Waals surface area (Å²) in [5, 5.41) is 4.00. The smallest absolute Gasteiger partial charge is 0.240 e. The van der Waals surface area contributed by atoms with E-state index in [-0.39, 0.29) is 12.1 Å². The first kappa shape index (κ1) is 11.5. The number of methoxy groups -OCH3 is 1. The molecular weight excluding hydrogens is 206 g/mol. The first-order chi connectivity index (χ1) is 7.70. The van der Waals surface area contributed by atoms with Gasteiger partial charge in [0.2, 0.25) is 11.7 Å². The molecule has 0 amide bonds. The van der Waals surface area contributed by atoms with Gasteiger partial charge in [-0.15, -0.1) is 0 Å². The van der Waals surface area contributed by atoms with Crippen molar-refractivity contribution >= 4 is 0 Å². The molecule has 2 unspecified atom stereocenters. The van der Waals surface area contributed by atoms with E-state index in [0.717, 1.165) is 19.3 Å². The molecule has 1 aliphatic rings. The predicted octanol–water partition coefficient (Wildman–Crippen LogP) is 1.58. The molecule has 1 aromatic heterocycles. The average molecular weight is 225 g/mol. The second-order valence-corrected chi connectivity index (χ2v) is 4.62. The van der Waals surface area contributed by atoms with Crippen molar-refractivity contribution in [1.82, 2.24) is 10.1 Å².